The van der Waals surface area contributed by atoms with Gasteiger partial charge in [0.15, 0.2) is 0 Å². The van der Waals surface area contributed by atoms with Crippen LogP contribution in [-0.4, -0.2) is 29.8 Å². The number of hydrogen-bond acceptors (Lipinski definition) is 3. The molecule has 0 bridgehead atoms. The second-order valence-corrected chi connectivity index (χ2v) is 15.2. The van der Waals surface area contributed by atoms with Gasteiger partial charge in [-0.15, -0.1) is 0 Å². The van der Waals surface area contributed by atoms with E-state index in [1.54, 1.807) is 0 Å². The predicted molar refractivity (Wildman–Crippen MR) is 149 cm³/mol. The summed E-state index contributed by atoms with van der Waals surface area (Å²) in [6, 6.07) is 16.9. The number of alkyl halides is 12. The topological polar surface area (TPSA) is 38.7 Å². The van der Waals surface area contributed by atoms with E-state index in [4.69, 9.17) is 9.05 Å². The Morgan fingerprint density at radius 2 is 0.771 bits per heavy atom. The standard InChI is InChI=1S/C32H21F12O3P/c33-29(34,35)27(30(36,37)38)21-15-7-9-17-23(21)48(46-27,26(20-13-5-2-6-14-20)25(45)19-11-3-1-4-12-19)24-18-10-8-16-22(24)28(47-48,31(39,40)41)32(42,43)44/h1-18,25-26,45H/t25-,26+/m0/s1. The van der Waals surface area contributed by atoms with Crippen molar-refractivity contribution in [3.05, 3.63) is 131 Å². The monoisotopic (exact) mass is 712 g/mol. The molecule has 0 aliphatic carbocycles. The maximum absolute atomic E-state index is 15.2. The van der Waals surface area contributed by atoms with Gasteiger partial charge in [-0.05, 0) is 0 Å². The van der Waals surface area contributed by atoms with E-state index >= 15 is 52.7 Å². The molecule has 48 heavy (non-hydrogen) atoms. The molecule has 0 aromatic heterocycles. The molecule has 256 valence electrons. The van der Waals surface area contributed by atoms with Crippen LogP contribution in [0.4, 0.5) is 52.7 Å². The first kappa shape index (κ1) is 34.2. The summed E-state index contributed by atoms with van der Waals surface area (Å²) in [5, 5.41) is 9.38. The van der Waals surface area contributed by atoms with Crippen molar-refractivity contribution in [2.75, 3.05) is 0 Å². The van der Waals surface area contributed by atoms with Crippen LogP contribution in [0.15, 0.2) is 109 Å². The number of benzene rings is 4. The summed E-state index contributed by atoms with van der Waals surface area (Å²) < 4.78 is 193. The first-order chi connectivity index (χ1) is 22.2. The van der Waals surface area contributed by atoms with Crippen LogP contribution in [0.25, 0.3) is 0 Å². The third-order valence-electron chi connectivity index (χ3n) is 8.80. The van der Waals surface area contributed by atoms with Gasteiger partial charge in [0.1, 0.15) is 0 Å². The summed E-state index contributed by atoms with van der Waals surface area (Å²) in [7, 11) is -7.37. The molecule has 2 atom stereocenters. The predicted octanol–water partition coefficient (Wildman–Crippen LogP) is 9.20. The van der Waals surface area contributed by atoms with Crippen LogP contribution in [0.3, 0.4) is 0 Å². The third-order valence-corrected chi connectivity index (χ3v) is 14.3. The average molecular weight is 712 g/mol. The minimum absolute atomic E-state index is 0.277. The fraction of sp³-hybridized carbons (Fsp3) is 0.250. The Bertz CT molecular complexity index is 1720. The molecule has 2 aliphatic heterocycles. The zero-order valence-electron chi connectivity index (χ0n) is 23.8. The van der Waals surface area contributed by atoms with Gasteiger partial charge in [0.2, 0.25) is 0 Å². The molecule has 1 spiro atoms. The van der Waals surface area contributed by atoms with Crippen molar-refractivity contribution in [1.82, 2.24) is 0 Å². The molecule has 0 saturated carbocycles. The Balaban J connectivity index is 1.94. The molecule has 0 fully saturated rings. The number of aliphatic hydroxyl groups is 1. The number of rotatable bonds is 4. The summed E-state index contributed by atoms with van der Waals surface area (Å²) in [6.07, 6.45) is -28.6. The zero-order valence-corrected chi connectivity index (χ0v) is 24.7. The Morgan fingerprint density at radius 3 is 1.12 bits per heavy atom. The van der Waals surface area contributed by atoms with Crippen LogP contribution in [-0.2, 0) is 20.2 Å². The normalized spacial score (nSPS) is 21.5. The number of aliphatic hydroxyl groups excluding tert-OH is 1. The molecular weight excluding hydrogens is 691 g/mol. The van der Waals surface area contributed by atoms with Gasteiger partial charge >= 0.3 is 264 Å². The molecule has 0 unspecified atom stereocenters. The molecule has 0 saturated heterocycles. The van der Waals surface area contributed by atoms with Crippen LogP contribution in [0.1, 0.15) is 34.0 Å². The van der Waals surface area contributed by atoms with Crippen molar-refractivity contribution in [3.63, 3.8) is 0 Å². The second kappa shape index (κ2) is 10.4. The van der Waals surface area contributed by atoms with Crippen molar-refractivity contribution in [1.29, 1.82) is 0 Å². The molecule has 6 rings (SSSR count). The Kier molecular flexibility index (Phi) is 7.43. The van der Waals surface area contributed by atoms with E-state index in [1.807, 2.05) is 0 Å². The second-order valence-electron chi connectivity index (χ2n) is 11.3. The van der Waals surface area contributed by atoms with E-state index in [9.17, 15) is 5.11 Å². The van der Waals surface area contributed by atoms with Gasteiger partial charge in [0.25, 0.3) is 0 Å². The van der Waals surface area contributed by atoms with Crippen LogP contribution in [0.2, 0.25) is 0 Å². The van der Waals surface area contributed by atoms with Gasteiger partial charge in [0, 0.05) is 0 Å². The first-order valence-electron chi connectivity index (χ1n) is 13.9. The van der Waals surface area contributed by atoms with Gasteiger partial charge < -0.3 is 0 Å². The van der Waals surface area contributed by atoms with Crippen molar-refractivity contribution in [3.8, 4) is 0 Å². The van der Waals surface area contributed by atoms with E-state index in [0.717, 1.165) is 36.4 Å². The fourth-order valence-corrected chi connectivity index (χ4v) is 13.7. The van der Waals surface area contributed by atoms with Crippen molar-refractivity contribution >= 4 is 17.7 Å². The van der Waals surface area contributed by atoms with E-state index < -0.39 is 82.0 Å². The zero-order chi connectivity index (χ0) is 35.2. The molecule has 1 N–H and O–H groups in total. The van der Waals surface area contributed by atoms with Crippen molar-refractivity contribution < 1.29 is 66.8 Å². The van der Waals surface area contributed by atoms with Gasteiger partial charge in [-0.25, -0.2) is 0 Å². The molecule has 16 heteroatoms. The van der Waals surface area contributed by atoms with Gasteiger partial charge in [-0.1, -0.05) is 0 Å². The summed E-state index contributed by atoms with van der Waals surface area (Å²) in [6.45, 7) is 0. The molecule has 2 aliphatic rings. The Hall–Kier alpha value is -3.65. The van der Waals surface area contributed by atoms with Crippen molar-refractivity contribution in [2.24, 2.45) is 0 Å². The SMILES string of the molecule is O[C@@H](c1ccccc1)[C@@H](c1ccccc1)P12(OC(C(F)(F)F)(C(F)(F)F)c3ccccc31)OC(C(F)(F)F)(C(F)(F)F)c1ccccc12. The number of halogens is 12. The molecular formula is C32H21F12O3P. The molecule has 2 heterocycles. The van der Waals surface area contributed by atoms with Gasteiger partial charge in [0.05, 0.1) is 0 Å². The summed E-state index contributed by atoms with van der Waals surface area (Å²) >= 11 is 0. The molecule has 0 amide bonds. The van der Waals surface area contributed by atoms with Crippen LogP contribution in [0.5, 0.6) is 0 Å². The number of hydrogen-bond donors (Lipinski definition) is 1. The first-order valence-corrected chi connectivity index (χ1v) is 16.0. The molecule has 3 nitrogen and oxygen atoms in total. The fourth-order valence-electron chi connectivity index (χ4n) is 7.01. The third kappa shape index (κ3) is 4.13. The van der Waals surface area contributed by atoms with Crippen LogP contribution in [0, 0.1) is 0 Å². The minimum atomic E-state index is -7.37. The van der Waals surface area contributed by atoms with Gasteiger partial charge in [-0.2, -0.15) is 0 Å². The summed E-state index contributed by atoms with van der Waals surface area (Å²) in [4.78, 5) is 0. The maximum atomic E-state index is 15.2. The molecule has 4 aromatic carbocycles. The average Bonchev–Trinajstić information content (AvgIpc) is 3.46. The summed E-state index contributed by atoms with van der Waals surface area (Å²) in [5.74, 6) is 0. The van der Waals surface area contributed by atoms with Crippen LogP contribution >= 0.6 is 7.06 Å². The van der Waals surface area contributed by atoms with E-state index in [0.29, 0.717) is 24.3 Å². The van der Waals surface area contributed by atoms with E-state index in [-0.39, 0.29) is 17.7 Å². The van der Waals surface area contributed by atoms with E-state index in [2.05, 4.69) is 0 Å². The number of fused-ring (bicyclic) bond motifs is 4. The van der Waals surface area contributed by atoms with Crippen molar-refractivity contribution in [2.45, 2.75) is 47.7 Å². The quantitative estimate of drug-likeness (QED) is 0.170. The summed E-state index contributed by atoms with van der Waals surface area (Å²) in [5.41, 5.74) is -18.0. The molecule has 0 radical (unpaired) electrons. The van der Waals surface area contributed by atoms with Gasteiger partial charge in [-0.3, -0.25) is 0 Å². The Labute approximate surface area is 263 Å². The Morgan fingerprint density at radius 1 is 0.458 bits per heavy atom. The van der Waals surface area contributed by atoms with E-state index in [1.165, 1.54) is 36.4 Å². The van der Waals surface area contributed by atoms with Crippen LogP contribution < -0.4 is 10.6 Å². The molecule has 4 aromatic rings.